The average molecular weight is 399 g/mol. The third-order valence-corrected chi connectivity index (χ3v) is 5.20. The first-order valence-corrected chi connectivity index (χ1v) is 9.09. The van der Waals surface area contributed by atoms with Crippen molar-refractivity contribution in [2.24, 2.45) is 0 Å². The van der Waals surface area contributed by atoms with E-state index in [9.17, 15) is 8.42 Å². The minimum atomic E-state index is -3.87. The smallest absolute Gasteiger partial charge is 0.207 e. The van der Waals surface area contributed by atoms with Crippen LogP contribution in [0.1, 0.15) is 11.6 Å². The van der Waals surface area contributed by atoms with Gasteiger partial charge in [-0.15, -0.1) is 0 Å². The number of hydrogen-bond donors (Lipinski definition) is 1. The molecule has 118 valence electrons. The van der Waals surface area contributed by atoms with Gasteiger partial charge in [0.15, 0.2) is 0 Å². The second-order valence-electron chi connectivity index (χ2n) is 4.46. The molecule has 8 heteroatoms. The Bertz CT molecular complexity index is 728. The zero-order chi connectivity index (χ0) is 16.4. The molecule has 3 nitrogen and oxygen atoms in total. The number of rotatable bonds is 4. The Kier molecular flexibility index (Phi) is 5.64. The number of halogens is 4. The number of nitrogens with one attached hydrogen (secondary N) is 1. The number of sulfonamides is 1. The van der Waals surface area contributed by atoms with Crippen molar-refractivity contribution in [3.05, 3.63) is 65.2 Å². The van der Waals surface area contributed by atoms with Crippen LogP contribution in [0.15, 0.2) is 59.5 Å². The van der Waals surface area contributed by atoms with Gasteiger partial charge in [-0.3, -0.25) is 0 Å². The Morgan fingerprint density at radius 2 is 1.45 bits per heavy atom. The van der Waals surface area contributed by atoms with E-state index in [-0.39, 0.29) is 4.90 Å². The zero-order valence-corrected chi connectivity index (χ0v) is 14.9. The zero-order valence-electron chi connectivity index (χ0n) is 11.0. The molecule has 0 aliphatic rings. The number of hydrogen-bond acceptors (Lipinski definition) is 2. The largest absolute Gasteiger partial charge is 0.241 e. The minimum Gasteiger partial charge on any atom is -0.207 e. The molecule has 0 aliphatic heterocycles. The summed E-state index contributed by atoms with van der Waals surface area (Å²) in [5, 5.41) is 0.430. The predicted octanol–water partition coefficient (Wildman–Crippen LogP) is 4.73. The van der Waals surface area contributed by atoms with Crippen molar-refractivity contribution in [2.75, 3.05) is 0 Å². The van der Waals surface area contributed by atoms with E-state index in [1.807, 2.05) is 0 Å². The van der Waals surface area contributed by atoms with E-state index in [0.717, 1.165) is 0 Å². The van der Waals surface area contributed by atoms with Crippen molar-refractivity contribution in [3.8, 4) is 0 Å². The molecule has 22 heavy (non-hydrogen) atoms. The summed E-state index contributed by atoms with van der Waals surface area (Å²) in [5.74, 6) is 0. The van der Waals surface area contributed by atoms with Crippen LogP contribution >= 0.6 is 46.4 Å². The van der Waals surface area contributed by atoms with Crippen LogP contribution in [0.4, 0.5) is 0 Å². The van der Waals surface area contributed by atoms with Crippen LogP contribution in [0, 0.1) is 0 Å². The van der Waals surface area contributed by atoms with Gasteiger partial charge in [0.2, 0.25) is 13.8 Å². The van der Waals surface area contributed by atoms with Gasteiger partial charge in [-0.25, -0.2) is 8.42 Å². The Balaban J connectivity index is 2.37. The lowest BCUT2D eigenvalue weighted by Gasteiger charge is -2.25. The second kappa shape index (κ2) is 6.95. The third kappa shape index (κ3) is 4.51. The molecule has 2 aromatic carbocycles. The summed E-state index contributed by atoms with van der Waals surface area (Å²) in [5.41, 5.74) is 0.542. The Hall–Kier alpha value is -0.490. The number of alkyl halides is 3. The minimum absolute atomic E-state index is 0.0343. The average Bonchev–Trinajstić information content (AvgIpc) is 2.45. The lowest BCUT2D eigenvalue weighted by molar-refractivity contribution is 0.558. The van der Waals surface area contributed by atoms with Crippen LogP contribution in [0.25, 0.3) is 0 Å². The molecule has 0 heterocycles. The maximum Gasteiger partial charge on any atom is 0.241 e. The van der Waals surface area contributed by atoms with Gasteiger partial charge in [0, 0.05) is 5.02 Å². The van der Waals surface area contributed by atoms with Gasteiger partial charge >= 0.3 is 0 Å². The first-order chi connectivity index (χ1) is 10.2. The van der Waals surface area contributed by atoms with Crippen LogP contribution in [0.5, 0.6) is 0 Å². The van der Waals surface area contributed by atoms with E-state index in [2.05, 4.69) is 4.72 Å². The molecule has 0 saturated carbocycles. The third-order valence-electron chi connectivity index (χ3n) is 2.86. The second-order valence-corrected chi connectivity index (χ2v) is 8.98. The highest BCUT2D eigenvalue weighted by molar-refractivity contribution is 7.89. The monoisotopic (exact) mass is 397 g/mol. The molecule has 0 fully saturated rings. The first kappa shape index (κ1) is 17.9. The van der Waals surface area contributed by atoms with Crippen LogP contribution in [0.3, 0.4) is 0 Å². The summed E-state index contributed by atoms with van der Waals surface area (Å²) in [7, 11) is -3.87. The molecule has 0 radical (unpaired) electrons. The Morgan fingerprint density at radius 1 is 0.909 bits per heavy atom. The Labute approximate surface area is 149 Å². The van der Waals surface area contributed by atoms with Gasteiger partial charge in [-0.2, -0.15) is 4.72 Å². The summed E-state index contributed by atoms with van der Waals surface area (Å²) >= 11 is 23.6. The van der Waals surface area contributed by atoms with Crippen LogP contribution in [-0.2, 0) is 10.0 Å². The van der Waals surface area contributed by atoms with Crippen molar-refractivity contribution in [1.82, 2.24) is 4.72 Å². The van der Waals surface area contributed by atoms with Crippen molar-refractivity contribution in [1.29, 1.82) is 0 Å². The van der Waals surface area contributed by atoms with Gasteiger partial charge in [0.25, 0.3) is 0 Å². The molecule has 0 amide bonds. The van der Waals surface area contributed by atoms with Crippen LogP contribution < -0.4 is 4.72 Å². The van der Waals surface area contributed by atoms with Gasteiger partial charge in [0.05, 0.1) is 10.9 Å². The van der Waals surface area contributed by atoms with Gasteiger partial charge < -0.3 is 0 Å². The van der Waals surface area contributed by atoms with E-state index in [4.69, 9.17) is 46.4 Å². The molecule has 0 saturated heterocycles. The molecule has 1 atom stereocenters. The molecular weight excluding hydrogens is 388 g/mol. The molecular formula is C14H11Cl4NO2S. The van der Waals surface area contributed by atoms with E-state index >= 15 is 0 Å². The van der Waals surface area contributed by atoms with Crippen LogP contribution in [-0.4, -0.2) is 12.2 Å². The summed E-state index contributed by atoms with van der Waals surface area (Å²) in [6.07, 6.45) is 0. The number of benzene rings is 2. The van der Waals surface area contributed by atoms with Crippen molar-refractivity contribution in [3.63, 3.8) is 0 Å². The predicted molar refractivity (Wildman–Crippen MR) is 91.2 cm³/mol. The highest BCUT2D eigenvalue weighted by atomic mass is 35.6. The van der Waals surface area contributed by atoms with Gasteiger partial charge in [-0.05, 0) is 29.8 Å². The lowest BCUT2D eigenvalue weighted by Crippen LogP contribution is -2.36. The molecule has 1 unspecified atom stereocenters. The summed E-state index contributed by atoms with van der Waals surface area (Å²) in [6.45, 7) is 0. The van der Waals surface area contributed by atoms with E-state index in [0.29, 0.717) is 10.6 Å². The molecule has 2 aromatic rings. The van der Waals surface area contributed by atoms with E-state index in [1.54, 1.807) is 30.3 Å². The fourth-order valence-electron chi connectivity index (χ4n) is 1.81. The first-order valence-electron chi connectivity index (χ1n) is 6.10. The SMILES string of the molecule is O=S(=O)(NC(c1ccccc1)C(Cl)(Cl)Cl)c1ccc(Cl)cc1. The molecule has 1 N–H and O–H groups in total. The lowest BCUT2D eigenvalue weighted by atomic mass is 10.1. The van der Waals surface area contributed by atoms with Gasteiger partial charge in [0.1, 0.15) is 0 Å². The van der Waals surface area contributed by atoms with E-state index < -0.39 is 19.9 Å². The molecule has 0 aliphatic carbocycles. The van der Waals surface area contributed by atoms with Crippen LogP contribution in [0.2, 0.25) is 5.02 Å². The van der Waals surface area contributed by atoms with Crippen molar-refractivity contribution in [2.45, 2.75) is 14.7 Å². The topological polar surface area (TPSA) is 46.2 Å². The molecule has 0 bridgehead atoms. The van der Waals surface area contributed by atoms with Gasteiger partial charge in [-0.1, -0.05) is 76.7 Å². The fourth-order valence-corrected chi connectivity index (χ4v) is 3.92. The molecule has 0 aromatic heterocycles. The maximum absolute atomic E-state index is 12.4. The highest BCUT2D eigenvalue weighted by Crippen LogP contribution is 2.40. The summed E-state index contributed by atoms with van der Waals surface area (Å²) in [4.78, 5) is 0.0343. The Morgan fingerprint density at radius 3 is 1.95 bits per heavy atom. The molecule has 2 rings (SSSR count). The van der Waals surface area contributed by atoms with Crippen molar-refractivity contribution < 1.29 is 8.42 Å². The normalized spacial score (nSPS) is 13.8. The fraction of sp³-hybridized carbons (Fsp3) is 0.143. The standard InChI is InChI=1S/C14H11Cl4NO2S/c15-11-6-8-12(9-7-11)22(20,21)19-13(14(16,17)18)10-4-2-1-3-5-10/h1-9,13,19H. The van der Waals surface area contributed by atoms with E-state index in [1.165, 1.54) is 24.3 Å². The summed E-state index contributed by atoms with van der Waals surface area (Å²) < 4.78 is 25.5. The quantitative estimate of drug-likeness (QED) is 0.756. The maximum atomic E-state index is 12.4. The molecule has 0 spiro atoms. The van der Waals surface area contributed by atoms with Crippen molar-refractivity contribution >= 4 is 56.4 Å². The summed E-state index contributed by atoms with van der Waals surface area (Å²) in [6, 6.07) is 13.3. The highest BCUT2D eigenvalue weighted by Gasteiger charge is 2.37.